The van der Waals surface area contributed by atoms with Crippen molar-refractivity contribution in [1.29, 1.82) is 0 Å². The highest BCUT2D eigenvalue weighted by Gasteiger charge is 2.10. The second-order valence-corrected chi connectivity index (χ2v) is 4.65. The zero-order valence-electron chi connectivity index (χ0n) is 14.0. The van der Waals surface area contributed by atoms with Crippen molar-refractivity contribution in [2.45, 2.75) is 0 Å². The summed E-state index contributed by atoms with van der Waals surface area (Å²) >= 11 is 0. The van der Waals surface area contributed by atoms with Gasteiger partial charge in [-0.15, -0.1) is 12.4 Å². The first-order valence-electron chi connectivity index (χ1n) is 7.54. The van der Waals surface area contributed by atoms with E-state index < -0.39 is 0 Å². The molecule has 0 radical (unpaired) electrons. The maximum atomic E-state index is 5.45. The average Bonchev–Trinajstić information content (AvgIpc) is 2.57. The van der Waals surface area contributed by atoms with Gasteiger partial charge in [0.25, 0.3) is 5.95 Å². The lowest BCUT2D eigenvalue weighted by Gasteiger charge is -2.16. The minimum absolute atomic E-state index is 0. The number of halogens is 1. The number of nitrogens with zero attached hydrogens (tertiary/aromatic N) is 4. The van der Waals surface area contributed by atoms with Gasteiger partial charge >= 0.3 is 0 Å². The zero-order chi connectivity index (χ0) is 16.3. The van der Waals surface area contributed by atoms with Crippen molar-refractivity contribution < 1.29 is 19.0 Å². The molecule has 0 atom stereocenters. The van der Waals surface area contributed by atoms with Gasteiger partial charge in [-0.05, 0) is 0 Å². The Hall–Kier alpha value is -1.46. The molecule has 1 aliphatic rings. The lowest BCUT2D eigenvalue weighted by atomic mass is 10.6. The highest BCUT2D eigenvalue weighted by Crippen LogP contribution is 2.12. The molecule has 1 aliphatic heterocycles. The summed E-state index contributed by atoms with van der Waals surface area (Å²) in [6.07, 6.45) is 0. The first-order valence-corrected chi connectivity index (χ1v) is 7.54. The Balaban J connectivity index is 0.00000288. The number of anilines is 3. The Kier molecular flexibility index (Phi) is 10.3. The van der Waals surface area contributed by atoms with Crippen LogP contribution in [0.1, 0.15) is 0 Å². The molecule has 2 bridgehead atoms. The van der Waals surface area contributed by atoms with Crippen molar-refractivity contribution in [2.75, 3.05) is 82.6 Å². The number of rotatable bonds is 2. The average molecular weight is 365 g/mol. The van der Waals surface area contributed by atoms with Gasteiger partial charge in [-0.3, -0.25) is 4.84 Å². The molecule has 0 amide bonds. The van der Waals surface area contributed by atoms with Gasteiger partial charge in [0.05, 0.1) is 46.8 Å². The van der Waals surface area contributed by atoms with Gasteiger partial charge in [-0.2, -0.15) is 15.0 Å². The van der Waals surface area contributed by atoms with Crippen LogP contribution in [0.4, 0.5) is 17.8 Å². The van der Waals surface area contributed by atoms with Crippen molar-refractivity contribution in [2.24, 2.45) is 0 Å². The number of aromatic nitrogens is 3. The predicted octanol–water partition coefficient (Wildman–Crippen LogP) is 0.178. The molecule has 0 saturated carbocycles. The lowest BCUT2D eigenvalue weighted by Crippen LogP contribution is -2.22. The molecule has 0 aliphatic carbocycles. The second kappa shape index (κ2) is 12.0. The van der Waals surface area contributed by atoms with Crippen molar-refractivity contribution in [3.8, 4) is 0 Å². The van der Waals surface area contributed by atoms with Gasteiger partial charge in [-0.1, -0.05) is 0 Å². The summed E-state index contributed by atoms with van der Waals surface area (Å²) in [6.45, 7) is 4.44. The Morgan fingerprint density at radius 3 is 1.75 bits per heavy atom. The third kappa shape index (κ3) is 7.41. The zero-order valence-corrected chi connectivity index (χ0v) is 14.8. The van der Waals surface area contributed by atoms with Crippen LogP contribution < -0.4 is 15.7 Å². The molecule has 10 nitrogen and oxygen atoms in total. The molecule has 0 aromatic carbocycles. The SMILES string of the molecule is CON(C)c1nc2nc(n1)NCCOCCOCCOCCN2.Cl. The van der Waals surface area contributed by atoms with E-state index in [2.05, 4.69) is 25.6 Å². The van der Waals surface area contributed by atoms with E-state index in [9.17, 15) is 0 Å². The van der Waals surface area contributed by atoms with Crippen LogP contribution in [-0.4, -0.2) is 81.8 Å². The molecular weight excluding hydrogens is 340 g/mol. The monoisotopic (exact) mass is 364 g/mol. The van der Waals surface area contributed by atoms with Crippen LogP contribution in [0, 0.1) is 0 Å². The van der Waals surface area contributed by atoms with Gasteiger partial charge in [0.1, 0.15) is 0 Å². The van der Waals surface area contributed by atoms with Crippen LogP contribution in [0.5, 0.6) is 0 Å². The fraction of sp³-hybridized carbons (Fsp3) is 0.769. The Morgan fingerprint density at radius 1 is 0.833 bits per heavy atom. The van der Waals surface area contributed by atoms with Crippen molar-refractivity contribution in [1.82, 2.24) is 15.0 Å². The first kappa shape index (κ1) is 20.6. The standard InChI is InChI=1S/C13H24N6O4.ClH/c1-19(20-2)13-17-11-14-3-5-21-7-9-23-10-8-22-6-4-15-12(16-11)18-13;/h3-10H2,1-2H3,(H2,14,15,16,17,18);1H. The smallest absolute Gasteiger partial charge is 0.256 e. The van der Waals surface area contributed by atoms with E-state index in [0.29, 0.717) is 70.6 Å². The van der Waals surface area contributed by atoms with Crippen LogP contribution in [0.3, 0.4) is 0 Å². The van der Waals surface area contributed by atoms with Gasteiger partial charge < -0.3 is 24.8 Å². The lowest BCUT2D eigenvalue weighted by molar-refractivity contribution is 0.0182. The number of hydrogen-bond acceptors (Lipinski definition) is 10. The Labute approximate surface area is 147 Å². The van der Waals surface area contributed by atoms with E-state index in [1.165, 1.54) is 5.06 Å². The first-order chi connectivity index (χ1) is 11.3. The minimum atomic E-state index is 0. The maximum absolute atomic E-state index is 5.45. The molecule has 1 aromatic heterocycles. The second-order valence-electron chi connectivity index (χ2n) is 4.65. The normalized spacial score (nSPS) is 17.1. The number of ether oxygens (including phenoxy) is 3. The number of hydroxylamine groups is 1. The third-order valence-corrected chi connectivity index (χ3v) is 2.98. The van der Waals surface area contributed by atoms with E-state index in [-0.39, 0.29) is 12.4 Å². The molecule has 0 saturated heterocycles. The molecule has 0 fully saturated rings. The van der Waals surface area contributed by atoms with Crippen LogP contribution >= 0.6 is 12.4 Å². The van der Waals surface area contributed by atoms with Crippen LogP contribution in [0.15, 0.2) is 0 Å². The van der Waals surface area contributed by atoms with E-state index >= 15 is 0 Å². The molecule has 2 N–H and O–H groups in total. The number of hydrogen-bond donors (Lipinski definition) is 2. The summed E-state index contributed by atoms with van der Waals surface area (Å²) in [6, 6.07) is 0. The van der Waals surface area contributed by atoms with Gasteiger partial charge in [-0.25, -0.2) is 5.06 Å². The molecule has 1 aromatic rings. The van der Waals surface area contributed by atoms with Crippen molar-refractivity contribution >= 4 is 30.3 Å². The summed E-state index contributed by atoms with van der Waals surface area (Å²) in [5, 5.41) is 7.67. The van der Waals surface area contributed by atoms with Crippen LogP contribution in [-0.2, 0) is 19.0 Å². The minimum Gasteiger partial charge on any atom is -0.377 e. The van der Waals surface area contributed by atoms with Crippen molar-refractivity contribution in [3.63, 3.8) is 0 Å². The summed E-state index contributed by atoms with van der Waals surface area (Å²) in [5.41, 5.74) is 0. The molecule has 0 spiro atoms. The van der Waals surface area contributed by atoms with Gasteiger partial charge in [0, 0.05) is 20.1 Å². The predicted molar refractivity (Wildman–Crippen MR) is 91.9 cm³/mol. The maximum Gasteiger partial charge on any atom is 0.256 e. The van der Waals surface area contributed by atoms with Crippen LogP contribution in [0.25, 0.3) is 0 Å². The van der Waals surface area contributed by atoms with E-state index in [0.717, 1.165) is 0 Å². The van der Waals surface area contributed by atoms with E-state index in [1.54, 1.807) is 14.2 Å². The highest BCUT2D eigenvalue weighted by atomic mass is 35.5. The van der Waals surface area contributed by atoms with E-state index in [4.69, 9.17) is 19.0 Å². The molecule has 24 heavy (non-hydrogen) atoms. The highest BCUT2D eigenvalue weighted by molar-refractivity contribution is 5.85. The topological polar surface area (TPSA) is 103 Å². The summed E-state index contributed by atoms with van der Waals surface area (Å²) in [5.74, 6) is 1.31. The van der Waals surface area contributed by atoms with E-state index in [1.807, 2.05) is 0 Å². The Morgan fingerprint density at radius 2 is 1.29 bits per heavy atom. The van der Waals surface area contributed by atoms with Crippen LogP contribution in [0.2, 0.25) is 0 Å². The summed E-state index contributed by atoms with van der Waals surface area (Å²) in [7, 11) is 3.27. The number of fused-ring (bicyclic) bond motifs is 2. The fourth-order valence-corrected chi connectivity index (χ4v) is 1.76. The molecular formula is C13H25ClN6O4. The number of nitrogens with one attached hydrogen (secondary N) is 2. The van der Waals surface area contributed by atoms with Gasteiger partial charge in [0.2, 0.25) is 11.9 Å². The molecule has 2 rings (SSSR count). The largest absolute Gasteiger partial charge is 0.377 e. The summed E-state index contributed by atoms with van der Waals surface area (Å²) < 4.78 is 16.3. The Bertz CT molecular complexity index is 438. The molecule has 0 unspecified atom stereocenters. The molecule has 138 valence electrons. The third-order valence-electron chi connectivity index (χ3n) is 2.98. The van der Waals surface area contributed by atoms with Crippen molar-refractivity contribution in [3.05, 3.63) is 0 Å². The summed E-state index contributed by atoms with van der Waals surface area (Å²) in [4.78, 5) is 18.0. The van der Waals surface area contributed by atoms with Gasteiger partial charge in [0.15, 0.2) is 0 Å². The fourth-order valence-electron chi connectivity index (χ4n) is 1.76. The molecule has 11 heteroatoms. The quantitative estimate of drug-likeness (QED) is 0.706. The molecule has 2 heterocycles.